The minimum atomic E-state index is -1.09. The van der Waals surface area contributed by atoms with Gasteiger partial charge in [-0.1, -0.05) is 43.2 Å². The van der Waals surface area contributed by atoms with E-state index in [-0.39, 0.29) is 23.6 Å². The van der Waals surface area contributed by atoms with Crippen LogP contribution in [0.1, 0.15) is 70.9 Å². The van der Waals surface area contributed by atoms with Gasteiger partial charge in [0.05, 0.1) is 11.6 Å². The van der Waals surface area contributed by atoms with E-state index >= 15 is 0 Å². The Kier molecular flexibility index (Phi) is 6.43. The number of hydrogen-bond donors (Lipinski definition) is 0. The minimum Gasteiger partial charge on any atom is -0.550 e. The molecule has 0 aromatic heterocycles. The fraction of sp³-hybridized carbons (Fsp3) is 0.652. The molecule has 5 heteroatoms. The van der Waals surface area contributed by atoms with Crippen LogP contribution in [0.3, 0.4) is 0 Å². The van der Waals surface area contributed by atoms with E-state index in [1.807, 2.05) is 42.2 Å². The lowest BCUT2D eigenvalue weighted by molar-refractivity contribution is -0.314. The lowest BCUT2D eigenvalue weighted by atomic mass is 9.77. The summed E-state index contributed by atoms with van der Waals surface area (Å²) in [6.45, 7) is 6.77. The van der Waals surface area contributed by atoms with Crippen LogP contribution in [0.15, 0.2) is 30.3 Å². The normalized spacial score (nSPS) is 28.3. The zero-order valence-electron chi connectivity index (χ0n) is 17.2. The fourth-order valence-corrected chi connectivity index (χ4v) is 4.92. The molecule has 0 N–H and O–H groups in total. The first-order valence-corrected chi connectivity index (χ1v) is 10.5. The molecule has 0 radical (unpaired) electrons. The number of hydrogen-bond acceptors (Lipinski definition) is 4. The van der Waals surface area contributed by atoms with Crippen molar-refractivity contribution in [1.29, 1.82) is 0 Å². The molecule has 1 saturated heterocycles. The Morgan fingerprint density at radius 1 is 1.11 bits per heavy atom. The maximum Gasteiger partial charge on any atom is 0.227 e. The maximum atomic E-state index is 13.7. The number of carboxylic acids is 1. The number of nitrogens with zero attached hydrogens (tertiary/aromatic N) is 1. The average molecular weight is 387 g/mol. The standard InChI is InChI=1S/C23H33NO4/c1-16(17-9-5-4-6-10-17)24(18-13-14-28-23(2,3)15-18)21(25)19-11-7-8-12-20(19)22(26)27/h4-6,9-10,16,18-20H,7-8,11-15H2,1-3H3,(H,26,27)/p-1/t16-,18+,19+,20-/m0/s1. The third-order valence-electron chi connectivity index (χ3n) is 6.40. The van der Waals surface area contributed by atoms with Crippen molar-refractivity contribution < 1.29 is 19.4 Å². The van der Waals surface area contributed by atoms with Gasteiger partial charge in [-0.15, -0.1) is 0 Å². The topological polar surface area (TPSA) is 69.7 Å². The summed E-state index contributed by atoms with van der Waals surface area (Å²) in [7, 11) is 0. The van der Waals surface area contributed by atoms with Gasteiger partial charge in [0.15, 0.2) is 0 Å². The van der Waals surface area contributed by atoms with Crippen LogP contribution in [-0.4, -0.2) is 35.0 Å². The molecule has 1 aromatic rings. The SMILES string of the molecule is C[C@@H](c1ccccc1)N(C(=O)[C@@H]1CCCC[C@@H]1C(=O)[O-])[C@@H]1CCOC(C)(C)C1. The van der Waals surface area contributed by atoms with Crippen LogP contribution in [0.2, 0.25) is 0 Å². The van der Waals surface area contributed by atoms with Gasteiger partial charge in [-0.05, 0) is 52.0 Å². The molecule has 0 spiro atoms. The molecule has 1 heterocycles. The second kappa shape index (κ2) is 8.64. The summed E-state index contributed by atoms with van der Waals surface area (Å²) >= 11 is 0. The molecule has 2 aliphatic rings. The second-order valence-electron chi connectivity index (χ2n) is 8.90. The summed E-state index contributed by atoms with van der Waals surface area (Å²) in [5.74, 6) is -2.29. The van der Waals surface area contributed by atoms with Gasteiger partial charge in [0.2, 0.25) is 5.91 Å². The molecule has 1 amide bonds. The van der Waals surface area contributed by atoms with Gasteiger partial charge >= 0.3 is 0 Å². The summed E-state index contributed by atoms with van der Waals surface area (Å²) in [5, 5.41) is 11.7. The Bertz CT molecular complexity index is 687. The van der Waals surface area contributed by atoms with E-state index in [1.54, 1.807) is 0 Å². The predicted molar refractivity (Wildman–Crippen MR) is 105 cm³/mol. The largest absolute Gasteiger partial charge is 0.550 e. The highest BCUT2D eigenvalue weighted by atomic mass is 16.5. The first-order valence-electron chi connectivity index (χ1n) is 10.5. The average Bonchev–Trinajstić information content (AvgIpc) is 2.68. The lowest BCUT2D eigenvalue weighted by Crippen LogP contribution is -2.53. The number of benzene rings is 1. The van der Waals surface area contributed by atoms with Gasteiger partial charge in [0, 0.05) is 30.5 Å². The molecule has 2 fully saturated rings. The van der Waals surface area contributed by atoms with E-state index in [4.69, 9.17) is 4.74 Å². The quantitative estimate of drug-likeness (QED) is 0.780. The third-order valence-corrected chi connectivity index (χ3v) is 6.40. The van der Waals surface area contributed by atoms with Gasteiger partial charge in [-0.3, -0.25) is 4.79 Å². The van der Waals surface area contributed by atoms with Crippen LogP contribution in [0.25, 0.3) is 0 Å². The summed E-state index contributed by atoms with van der Waals surface area (Å²) < 4.78 is 5.87. The third kappa shape index (κ3) is 4.57. The van der Waals surface area contributed by atoms with Crippen LogP contribution >= 0.6 is 0 Å². The van der Waals surface area contributed by atoms with E-state index in [1.165, 1.54) is 0 Å². The number of aliphatic carboxylic acids is 1. The lowest BCUT2D eigenvalue weighted by Gasteiger charge is -2.46. The van der Waals surface area contributed by atoms with E-state index < -0.39 is 17.8 Å². The van der Waals surface area contributed by atoms with Crippen LogP contribution in [0.5, 0.6) is 0 Å². The molecule has 0 unspecified atom stereocenters. The van der Waals surface area contributed by atoms with Crippen molar-refractivity contribution in [2.45, 2.75) is 77.0 Å². The van der Waals surface area contributed by atoms with Gasteiger partial charge in [-0.2, -0.15) is 0 Å². The Hall–Kier alpha value is -1.88. The Labute approximate surface area is 168 Å². The smallest absolute Gasteiger partial charge is 0.227 e. The highest BCUT2D eigenvalue weighted by Crippen LogP contribution is 2.38. The molecular formula is C23H32NO4-. The van der Waals surface area contributed by atoms with Crippen LogP contribution in [-0.2, 0) is 14.3 Å². The minimum absolute atomic E-state index is 0.0343. The van der Waals surface area contributed by atoms with Crippen molar-refractivity contribution in [1.82, 2.24) is 4.90 Å². The molecule has 4 atom stereocenters. The second-order valence-corrected chi connectivity index (χ2v) is 8.90. The molecule has 1 aliphatic carbocycles. The monoisotopic (exact) mass is 386 g/mol. The molecule has 5 nitrogen and oxygen atoms in total. The first kappa shape index (κ1) is 20.8. The fourth-order valence-electron chi connectivity index (χ4n) is 4.92. The van der Waals surface area contributed by atoms with E-state index in [9.17, 15) is 14.7 Å². The number of carbonyl (C=O) groups excluding carboxylic acids is 2. The van der Waals surface area contributed by atoms with Crippen molar-refractivity contribution >= 4 is 11.9 Å². The summed E-state index contributed by atoms with van der Waals surface area (Å²) in [4.78, 5) is 27.4. The molecule has 1 saturated carbocycles. The van der Waals surface area contributed by atoms with Crippen LogP contribution in [0.4, 0.5) is 0 Å². The zero-order chi connectivity index (χ0) is 20.3. The summed E-state index contributed by atoms with van der Waals surface area (Å²) in [6.07, 6.45) is 4.43. The van der Waals surface area contributed by atoms with E-state index in [2.05, 4.69) is 13.8 Å². The molecule has 154 valence electrons. The molecular weight excluding hydrogens is 354 g/mol. The van der Waals surface area contributed by atoms with Gasteiger partial charge in [-0.25, -0.2) is 0 Å². The summed E-state index contributed by atoms with van der Waals surface area (Å²) in [6, 6.07) is 9.92. The van der Waals surface area contributed by atoms with Crippen LogP contribution in [0, 0.1) is 11.8 Å². The molecule has 1 aromatic carbocycles. The first-order chi connectivity index (χ1) is 13.3. The Morgan fingerprint density at radius 2 is 1.75 bits per heavy atom. The van der Waals surface area contributed by atoms with Crippen molar-refractivity contribution in [3.8, 4) is 0 Å². The van der Waals surface area contributed by atoms with Crippen LogP contribution < -0.4 is 5.11 Å². The number of carbonyl (C=O) groups is 2. The zero-order valence-corrected chi connectivity index (χ0v) is 17.2. The Balaban J connectivity index is 1.93. The molecule has 3 rings (SSSR count). The van der Waals surface area contributed by atoms with Gasteiger partial charge in [0.25, 0.3) is 0 Å². The highest BCUT2D eigenvalue weighted by Gasteiger charge is 2.41. The van der Waals surface area contributed by atoms with Gasteiger partial charge in [0.1, 0.15) is 0 Å². The predicted octanol–water partition coefficient (Wildman–Crippen LogP) is 3.09. The van der Waals surface area contributed by atoms with E-state index in [0.717, 1.165) is 31.2 Å². The van der Waals surface area contributed by atoms with Crippen molar-refractivity contribution in [3.63, 3.8) is 0 Å². The molecule has 1 aliphatic heterocycles. The van der Waals surface area contributed by atoms with Crippen molar-refractivity contribution in [2.24, 2.45) is 11.8 Å². The maximum absolute atomic E-state index is 13.7. The van der Waals surface area contributed by atoms with Crippen molar-refractivity contribution in [2.75, 3.05) is 6.61 Å². The summed E-state index contributed by atoms with van der Waals surface area (Å²) in [5.41, 5.74) is 0.777. The molecule has 28 heavy (non-hydrogen) atoms. The highest BCUT2D eigenvalue weighted by molar-refractivity contribution is 5.85. The Morgan fingerprint density at radius 3 is 2.36 bits per heavy atom. The van der Waals surface area contributed by atoms with Crippen molar-refractivity contribution in [3.05, 3.63) is 35.9 Å². The number of ether oxygens (including phenoxy) is 1. The number of carboxylic acid groups (broad SMARTS) is 1. The van der Waals surface area contributed by atoms with Gasteiger partial charge < -0.3 is 19.5 Å². The van der Waals surface area contributed by atoms with E-state index in [0.29, 0.717) is 19.4 Å². The number of rotatable bonds is 5. The number of amides is 1. The molecule has 0 bridgehead atoms.